The van der Waals surface area contributed by atoms with Gasteiger partial charge in [-0.25, -0.2) is 4.79 Å². The molecule has 0 fully saturated rings. The normalized spacial score (nSPS) is 14.0. The fourth-order valence-corrected chi connectivity index (χ4v) is 1.35. The number of urea groups is 1. The van der Waals surface area contributed by atoms with Crippen molar-refractivity contribution in [2.24, 2.45) is 0 Å². The average Bonchev–Trinajstić information content (AvgIpc) is 2.38. The summed E-state index contributed by atoms with van der Waals surface area (Å²) < 4.78 is 37.1. The van der Waals surface area contributed by atoms with E-state index in [4.69, 9.17) is 5.26 Å². The summed E-state index contributed by atoms with van der Waals surface area (Å²) in [6.45, 7) is 3.29. The molecule has 1 aromatic carbocycles. The molecule has 1 rings (SSSR count). The van der Waals surface area contributed by atoms with E-state index in [1.807, 2.05) is 6.07 Å². The molecule has 0 bridgehead atoms. The second-order valence-electron chi connectivity index (χ2n) is 4.45. The van der Waals surface area contributed by atoms with Crippen LogP contribution in [0.3, 0.4) is 0 Å². The Morgan fingerprint density at radius 2 is 1.85 bits per heavy atom. The van der Waals surface area contributed by atoms with Crippen LogP contribution < -0.4 is 10.6 Å². The summed E-state index contributed by atoms with van der Waals surface area (Å²) in [7, 11) is 0. The SMILES string of the molecule is CCC(C)(C#N)NC(=O)Nc1ccc(C(F)(F)F)cc1. The van der Waals surface area contributed by atoms with Gasteiger partial charge in [0.15, 0.2) is 0 Å². The minimum absolute atomic E-state index is 0.215. The lowest BCUT2D eigenvalue weighted by Gasteiger charge is -2.21. The zero-order valence-electron chi connectivity index (χ0n) is 11.0. The fourth-order valence-electron chi connectivity index (χ4n) is 1.35. The van der Waals surface area contributed by atoms with E-state index >= 15 is 0 Å². The first-order valence-electron chi connectivity index (χ1n) is 5.88. The third-order valence-electron chi connectivity index (χ3n) is 2.81. The topological polar surface area (TPSA) is 64.9 Å². The van der Waals surface area contributed by atoms with Gasteiger partial charge in [-0.2, -0.15) is 18.4 Å². The molecule has 0 radical (unpaired) electrons. The Bertz CT molecular complexity index is 519. The Labute approximate surface area is 114 Å². The van der Waals surface area contributed by atoms with Crippen molar-refractivity contribution in [3.05, 3.63) is 29.8 Å². The number of hydrogen-bond acceptors (Lipinski definition) is 2. The number of anilines is 1. The van der Waals surface area contributed by atoms with Crippen LogP contribution in [0.25, 0.3) is 0 Å². The lowest BCUT2D eigenvalue weighted by Crippen LogP contribution is -2.46. The first kappa shape index (κ1) is 15.8. The first-order chi connectivity index (χ1) is 9.20. The van der Waals surface area contributed by atoms with Gasteiger partial charge in [-0.05, 0) is 37.6 Å². The third-order valence-corrected chi connectivity index (χ3v) is 2.81. The van der Waals surface area contributed by atoms with Crippen LogP contribution in [0.2, 0.25) is 0 Å². The van der Waals surface area contributed by atoms with Gasteiger partial charge < -0.3 is 10.6 Å². The molecule has 0 saturated heterocycles. The standard InChI is InChI=1S/C13H14F3N3O/c1-3-12(2,8-17)19-11(20)18-10-6-4-9(5-7-10)13(14,15)16/h4-7H,3H2,1-2H3,(H2,18,19,20). The van der Waals surface area contributed by atoms with Crippen LogP contribution in [0.5, 0.6) is 0 Å². The van der Waals surface area contributed by atoms with E-state index in [2.05, 4.69) is 10.6 Å². The Morgan fingerprint density at radius 3 is 2.25 bits per heavy atom. The van der Waals surface area contributed by atoms with Gasteiger partial charge in [0.2, 0.25) is 0 Å². The molecule has 4 nitrogen and oxygen atoms in total. The van der Waals surface area contributed by atoms with Crippen LogP contribution >= 0.6 is 0 Å². The summed E-state index contributed by atoms with van der Waals surface area (Å²) in [4.78, 5) is 11.6. The van der Waals surface area contributed by atoms with E-state index in [0.717, 1.165) is 24.3 Å². The van der Waals surface area contributed by atoms with Crippen LogP contribution in [-0.4, -0.2) is 11.6 Å². The Balaban J connectivity index is 2.71. The minimum Gasteiger partial charge on any atom is -0.320 e. The van der Waals surface area contributed by atoms with Gasteiger partial charge in [0, 0.05) is 5.69 Å². The summed E-state index contributed by atoms with van der Waals surface area (Å²) >= 11 is 0. The highest BCUT2D eigenvalue weighted by Crippen LogP contribution is 2.29. The largest absolute Gasteiger partial charge is 0.416 e. The number of carbonyl (C=O) groups is 1. The predicted octanol–water partition coefficient (Wildman–Crippen LogP) is 3.52. The molecule has 2 N–H and O–H groups in total. The Morgan fingerprint density at radius 1 is 1.30 bits per heavy atom. The summed E-state index contributed by atoms with van der Waals surface area (Å²) in [6.07, 6.45) is -4.01. The molecule has 7 heteroatoms. The minimum atomic E-state index is -4.41. The number of hydrogen-bond donors (Lipinski definition) is 2. The summed E-state index contributed by atoms with van der Waals surface area (Å²) in [6, 6.07) is 5.36. The third kappa shape index (κ3) is 4.16. The van der Waals surface area contributed by atoms with Crippen LogP contribution in [0, 0.1) is 11.3 Å². The van der Waals surface area contributed by atoms with Crippen molar-refractivity contribution < 1.29 is 18.0 Å². The highest BCUT2D eigenvalue weighted by Gasteiger charge is 2.30. The number of alkyl halides is 3. The Hall–Kier alpha value is -2.23. The molecule has 1 atom stereocenters. The number of nitrogens with zero attached hydrogens (tertiary/aromatic N) is 1. The van der Waals surface area contributed by atoms with E-state index < -0.39 is 23.3 Å². The highest BCUT2D eigenvalue weighted by molar-refractivity contribution is 5.90. The summed E-state index contributed by atoms with van der Waals surface area (Å²) in [5.74, 6) is 0. The van der Waals surface area contributed by atoms with Crippen molar-refractivity contribution in [3.8, 4) is 6.07 Å². The maximum Gasteiger partial charge on any atom is 0.416 e. The van der Waals surface area contributed by atoms with Crippen LogP contribution in [0.15, 0.2) is 24.3 Å². The molecule has 0 aliphatic carbocycles. The zero-order chi connectivity index (χ0) is 15.4. The zero-order valence-corrected chi connectivity index (χ0v) is 11.0. The molecule has 2 amide bonds. The van der Waals surface area contributed by atoms with Gasteiger partial charge in [0.1, 0.15) is 5.54 Å². The van der Waals surface area contributed by atoms with E-state index in [0.29, 0.717) is 6.42 Å². The van der Waals surface area contributed by atoms with Gasteiger partial charge in [-0.1, -0.05) is 6.92 Å². The molecular weight excluding hydrogens is 271 g/mol. The van der Waals surface area contributed by atoms with Gasteiger partial charge in [0.05, 0.1) is 11.6 Å². The molecule has 1 aromatic rings. The van der Waals surface area contributed by atoms with Gasteiger partial charge >= 0.3 is 12.2 Å². The summed E-state index contributed by atoms with van der Waals surface area (Å²) in [5.41, 5.74) is -1.60. The maximum atomic E-state index is 12.4. The van der Waals surface area contributed by atoms with Crippen molar-refractivity contribution >= 4 is 11.7 Å². The van der Waals surface area contributed by atoms with Crippen LogP contribution in [-0.2, 0) is 6.18 Å². The molecule has 0 aliphatic heterocycles. The van der Waals surface area contributed by atoms with Crippen molar-refractivity contribution in [2.75, 3.05) is 5.32 Å². The van der Waals surface area contributed by atoms with E-state index in [1.165, 1.54) is 0 Å². The second kappa shape index (κ2) is 5.82. The van der Waals surface area contributed by atoms with Gasteiger partial charge in [-0.3, -0.25) is 0 Å². The molecule has 0 heterocycles. The molecule has 0 aromatic heterocycles. The smallest absolute Gasteiger partial charge is 0.320 e. The average molecular weight is 285 g/mol. The van der Waals surface area contributed by atoms with E-state index in [1.54, 1.807) is 13.8 Å². The molecule has 0 spiro atoms. The lowest BCUT2D eigenvalue weighted by atomic mass is 10.0. The van der Waals surface area contributed by atoms with Crippen molar-refractivity contribution in [1.82, 2.24) is 5.32 Å². The molecule has 0 aliphatic rings. The van der Waals surface area contributed by atoms with E-state index in [-0.39, 0.29) is 5.69 Å². The number of rotatable bonds is 3. The second-order valence-corrected chi connectivity index (χ2v) is 4.45. The first-order valence-corrected chi connectivity index (χ1v) is 5.88. The molecule has 0 saturated carbocycles. The van der Waals surface area contributed by atoms with Gasteiger partial charge in [-0.15, -0.1) is 0 Å². The number of benzene rings is 1. The fraction of sp³-hybridized carbons (Fsp3) is 0.385. The molecule has 1 unspecified atom stereocenters. The quantitative estimate of drug-likeness (QED) is 0.892. The van der Waals surface area contributed by atoms with Crippen molar-refractivity contribution in [1.29, 1.82) is 5.26 Å². The molecule has 108 valence electrons. The monoisotopic (exact) mass is 285 g/mol. The summed E-state index contributed by atoms with van der Waals surface area (Å²) in [5, 5.41) is 13.7. The number of nitriles is 1. The molecule has 20 heavy (non-hydrogen) atoms. The van der Waals surface area contributed by atoms with Gasteiger partial charge in [0.25, 0.3) is 0 Å². The number of carbonyl (C=O) groups excluding carboxylic acids is 1. The van der Waals surface area contributed by atoms with Crippen molar-refractivity contribution in [2.45, 2.75) is 32.0 Å². The maximum absolute atomic E-state index is 12.4. The Kier molecular flexibility index (Phi) is 4.61. The number of halogens is 3. The van der Waals surface area contributed by atoms with Crippen LogP contribution in [0.1, 0.15) is 25.8 Å². The number of nitrogens with one attached hydrogen (secondary N) is 2. The highest BCUT2D eigenvalue weighted by atomic mass is 19.4. The van der Waals surface area contributed by atoms with E-state index in [9.17, 15) is 18.0 Å². The lowest BCUT2D eigenvalue weighted by molar-refractivity contribution is -0.137. The van der Waals surface area contributed by atoms with Crippen molar-refractivity contribution in [3.63, 3.8) is 0 Å². The number of amides is 2. The van der Waals surface area contributed by atoms with Crippen LogP contribution in [0.4, 0.5) is 23.7 Å². The predicted molar refractivity (Wildman–Crippen MR) is 67.9 cm³/mol. The molecular formula is C13H14F3N3O.